The van der Waals surface area contributed by atoms with Gasteiger partial charge in [-0.25, -0.2) is 0 Å². The molecule has 7 heteroatoms. The van der Waals surface area contributed by atoms with Crippen LogP contribution >= 0.6 is 24.0 Å². The molecule has 0 saturated carbocycles. The quantitative estimate of drug-likeness (QED) is 0.284. The molecule has 0 heterocycles. The standard InChI is InChI=1S/C21H19F2N3S2/c22-20(23)28-19-13-11-17(12-14-19)24-21(27)25-26(18-9-5-2-6-10-18)15-16-7-3-1-4-8-16/h1-14,20H,15H2,(H2,24,25,27). The van der Waals surface area contributed by atoms with Gasteiger partial charge < -0.3 is 5.32 Å². The summed E-state index contributed by atoms with van der Waals surface area (Å²) in [5.41, 5.74) is 6.04. The summed E-state index contributed by atoms with van der Waals surface area (Å²) in [7, 11) is 0. The van der Waals surface area contributed by atoms with Gasteiger partial charge in [-0.1, -0.05) is 60.3 Å². The molecule has 0 aromatic heterocycles. The van der Waals surface area contributed by atoms with Crippen LogP contribution in [-0.4, -0.2) is 10.9 Å². The lowest BCUT2D eigenvalue weighted by Crippen LogP contribution is -2.44. The fourth-order valence-electron chi connectivity index (χ4n) is 2.57. The van der Waals surface area contributed by atoms with Crippen molar-refractivity contribution >= 4 is 40.5 Å². The summed E-state index contributed by atoms with van der Waals surface area (Å²) in [6, 6.07) is 26.7. The van der Waals surface area contributed by atoms with Gasteiger partial charge in [0, 0.05) is 10.6 Å². The average Bonchev–Trinajstić information content (AvgIpc) is 2.70. The molecule has 2 N–H and O–H groups in total. The van der Waals surface area contributed by atoms with Crippen molar-refractivity contribution in [3.63, 3.8) is 0 Å². The largest absolute Gasteiger partial charge is 0.331 e. The van der Waals surface area contributed by atoms with Gasteiger partial charge in [-0.15, -0.1) is 0 Å². The Morgan fingerprint density at radius 1 is 0.893 bits per heavy atom. The first-order valence-electron chi connectivity index (χ1n) is 8.59. The van der Waals surface area contributed by atoms with E-state index in [1.54, 1.807) is 24.3 Å². The number of hydrogen-bond donors (Lipinski definition) is 2. The van der Waals surface area contributed by atoms with Gasteiger partial charge >= 0.3 is 0 Å². The van der Waals surface area contributed by atoms with Gasteiger partial charge in [0.05, 0.1) is 12.2 Å². The lowest BCUT2D eigenvalue weighted by atomic mass is 10.2. The molecule has 3 nitrogen and oxygen atoms in total. The van der Waals surface area contributed by atoms with Crippen molar-refractivity contribution in [1.82, 2.24) is 5.43 Å². The van der Waals surface area contributed by atoms with E-state index in [-0.39, 0.29) is 0 Å². The van der Waals surface area contributed by atoms with Gasteiger partial charge in [0.15, 0.2) is 5.11 Å². The third-order valence-corrected chi connectivity index (χ3v) is 4.74. The Kier molecular flexibility index (Phi) is 7.22. The minimum atomic E-state index is -2.43. The second-order valence-electron chi connectivity index (χ2n) is 5.88. The Bertz CT molecular complexity index is 875. The van der Waals surface area contributed by atoms with E-state index in [1.165, 1.54) is 0 Å². The lowest BCUT2D eigenvalue weighted by Gasteiger charge is -2.27. The summed E-state index contributed by atoms with van der Waals surface area (Å²) in [6.45, 7) is 0.622. The van der Waals surface area contributed by atoms with Crippen LogP contribution in [0.5, 0.6) is 0 Å². The fourth-order valence-corrected chi connectivity index (χ4v) is 3.30. The molecule has 0 fully saturated rings. The smallest absolute Gasteiger partial charge is 0.288 e. The molecular weight excluding hydrogens is 396 g/mol. The SMILES string of the molecule is FC(F)Sc1ccc(NC(=S)NN(Cc2ccccc2)c2ccccc2)cc1. The Hall–Kier alpha value is -2.64. The Labute approximate surface area is 172 Å². The number of nitrogens with zero attached hydrogens (tertiary/aromatic N) is 1. The summed E-state index contributed by atoms with van der Waals surface area (Å²) in [5, 5.41) is 5.45. The van der Waals surface area contributed by atoms with Crippen LogP contribution in [0.4, 0.5) is 20.2 Å². The highest BCUT2D eigenvalue weighted by Gasteiger charge is 2.10. The molecule has 0 amide bonds. The van der Waals surface area contributed by atoms with Crippen LogP contribution in [0.25, 0.3) is 0 Å². The predicted octanol–water partition coefficient (Wildman–Crippen LogP) is 5.91. The van der Waals surface area contributed by atoms with Crippen molar-refractivity contribution in [2.24, 2.45) is 0 Å². The zero-order valence-electron chi connectivity index (χ0n) is 14.9. The summed E-state index contributed by atoms with van der Waals surface area (Å²) in [4.78, 5) is 0.509. The topological polar surface area (TPSA) is 27.3 Å². The van der Waals surface area contributed by atoms with Crippen LogP contribution in [0.3, 0.4) is 0 Å². The van der Waals surface area contributed by atoms with Crippen molar-refractivity contribution < 1.29 is 8.78 Å². The molecule has 3 rings (SSSR count). The van der Waals surface area contributed by atoms with Crippen LogP contribution in [0.2, 0.25) is 0 Å². The molecule has 0 spiro atoms. The lowest BCUT2D eigenvalue weighted by molar-refractivity contribution is 0.252. The van der Waals surface area contributed by atoms with E-state index < -0.39 is 5.76 Å². The molecule has 0 aliphatic heterocycles. The van der Waals surface area contributed by atoms with Crippen LogP contribution < -0.4 is 15.8 Å². The van der Waals surface area contributed by atoms with Gasteiger partial charge in [-0.05, 0) is 54.2 Å². The molecule has 0 atom stereocenters. The van der Waals surface area contributed by atoms with Gasteiger partial charge in [-0.3, -0.25) is 10.4 Å². The molecule has 0 bridgehead atoms. The normalized spacial score (nSPS) is 10.5. The monoisotopic (exact) mass is 415 g/mol. The van der Waals surface area contributed by atoms with Gasteiger partial charge in [-0.2, -0.15) is 8.78 Å². The molecule has 144 valence electrons. The van der Waals surface area contributed by atoms with Crippen molar-refractivity contribution in [1.29, 1.82) is 0 Å². The van der Waals surface area contributed by atoms with E-state index >= 15 is 0 Å². The molecule has 0 radical (unpaired) electrons. The van der Waals surface area contributed by atoms with Crippen molar-refractivity contribution in [3.8, 4) is 0 Å². The Morgan fingerprint density at radius 3 is 2.11 bits per heavy atom. The molecule has 28 heavy (non-hydrogen) atoms. The summed E-state index contributed by atoms with van der Waals surface area (Å²) >= 11 is 5.96. The molecular formula is C21H19F2N3S2. The minimum Gasteiger partial charge on any atom is -0.331 e. The van der Waals surface area contributed by atoms with E-state index in [0.717, 1.165) is 16.9 Å². The number of para-hydroxylation sites is 1. The number of hydrogen-bond acceptors (Lipinski definition) is 3. The zero-order chi connectivity index (χ0) is 19.8. The van der Waals surface area contributed by atoms with E-state index in [2.05, 4.69) is 10.7 Å². The molecule has 0 aliphatic rings. The van der Waals surface area contributed by atoms with Gasteiger partial charge in [0.1, 0.15) is 0 Å². The molecule has 0 unspecified atom stereocenters. The number of anilines is 2. The number of benzene rings is 3. The second kappa shape index (κ2) is 10.1. The summed E-state index contributed by atoms with van der Waals surface area (Å²) in [6.07, 6.45) is 0. The number of hydrazine groups is 1. The summed E-state index contributed by atoms with van der Waals surface area (Å²) in [5.74, 6) is -2.43. The van der Waals surface area contributed by atoms with E-state index in [1.807, 2.05) is 65.7 Å². The number of thiocarbonyl (C=S) groups is 1. The molecule has 3 aromatic carbocycles. The molecule has 3 aromatic rings. The van der Waals surface area contributed by atoms with Crippen LogP contribution in [-0.2, 0) is 6.54 Å². The first-order chi connectivity index (χ1) is 13.6. The van der Waals surface area contributed by atoms with Crippen LogP contribution in [0.15, 0.2) is 89.8 Å². The maximum atomic E-state index is 12.4. The molecule has 0 aliphatic carbocycles. The Morgan fingerprint density at radius 2 is 1.50 bits per heavy atom. The van der Waals surface area contributed by atoms with Crippen molar-refractivity contribution in [2.75, 3.05) is 10.3 Å². The third kappa shape index (κ3) is 6.21. The van der Waals surface area contributed by atoms with Gasteiger partial charge in [0.25, 0.3) is 5.76 Å². The number of nitrogens with one attached hydrogen (secondary N) is 2. The van der Waals surface area contributed by atoms with E-state index in [4.69, 9.17) is 12.2 Å². The third-order valence-electron chi connectivity index (χ3n) is 3.83. The highest BCUT2D eigenvalue weighted by atomic mass is 32.2. The van der Waals surface area contributed by atoms with Crippen LogP contribution in [0.1, 0.15) is 5.56 Å². The Balaban J connectivity index is 1.67. The van der Waals surface area contributed by atoms with Crippen molar-refractivity contribution in [2.45, 2.75) is 17.2 Å². The highest BCUT2D eigenvalue weighted by molar-refractivity contribution is 7.99. The maximum Gasteiger partial charge on any atom is 0.288 e. The van der Waals surface area contributed by atoms with E-state index in [9.17, 15) is 8.78 Å². The number of alkyl halides is 2. The van der Waals surface area contributed by atoms with Crippen LogP contribution in [0, 0.1) is 0 Å². The van der Waals surface area contributed by atoms with E-state index in [0.29, 0.717) is 28.3 Å². The number of thioether (sulfide) groups is 1. The number of halogens is 2. The summed E-state index contributed by atoms with van der Waals surface area (Å²) < 4.78 is 24.9. The predicted molar refractivity (Wildman–Crippen MR) is 117 cm³/mol. The fraction of sp³-hybridized carbons (Fsp3) is 0.0952. The maximum absolute atomic E-state index is 12.4. The average molecular weight is 416 g/mol. The van der Waals surface area contributed by atoms with Crippen molar-refractivity contribution in [3.05, 3.63) is 90.5 Å². The highest BCUT2D eigenvalue weighted by Crippen LogP contribution is 2.26. The second-order valence-corrected chi connectivity index (χ2v) is 7.35. The van der Waals surface area contributed by atoms with Gasteiger partial charge in [0.2, 0.25) is 0 Å². The zero-order valence-corrected chi connectivity index (χ0v) is 16.5. The minimum absolute atomic E-state index is 0.411. The first kappa shape index (κ1) is 20.1. The number of rotatable bonds is 7. The molecule has 0 saturated heterocycles. The first-order valence-corrected chi connectivity index (χ1v) is 9.88.